The summed E-state index contributed by atoms with van der Waals surface area (Å²) in [4.78, 5) is 28.9. The van der Waals surface area contributed by atoms with E-state index >= 15 is 0 Å². The van der Waals surface area contributed by atoms with E-state index < -0.39 is 34.3 Å². The number of rotatable bonds is 11. The molecule has 0 unspecified atom stereocenters. The van der Waals surface area contributed by atoms with Crippen molar-refractivity contribution in [1.82, 2.24) is 10.2 Å². The van der Waals surface area contributed by atoms with E-state index in [0.29, 0.717) is 17.0 Å². The minimum atomic E-state index is -4.26. The van der Waals surface area contributed by atoms with Crippen LogP contribution in [0.15, 0.2) is 77.7 Å². The zero-order valence-corrected chi connectivity index (χ0v) is 24.9. The SMILES string of the molecule is CC[C@@H](C(=O)NC1CCCC1)N(Cc1ccc(F)cc1)C(=O)CN(c1ccc(Cl)cc1Cl)S(=O)(=O)c1ccccc1. The van der Waals surface area contributed by atoms with Crippen LogP contribution in [-0.4, -0.2) is 43.8 Å². The Morgan fingerprint density at radius 3 is 2.27 bits per heavy atom. The van der Waals surface area contributed by atoms with Gasteiger partial charge in [0.05, 0.1) is 15.6 Å². The minimum Gasteiger partial charge on any atom is -0.352 e. The normalized spacial score (nSPS) is 14.4. The third kappa shape index (κ3) is 7.58. The maximum absolute atomic E-state index is 14.1. The molecular weight excluding hydrogens is 588 g/mol. The zero-order chi connectivity index (χ0) is 29.6. The van der Waals surface area contributed by atoms with Crippen LogP contribution in [0.2, 0.25) is 10.0 Å². The summed E-state index contributed by atoms with van der Waals surface area (Å²) in [7, 11) is -4.26. The fourth-order valence-electron chi connectivity index (χ4n) is 4.99. The average Bonchev–Trinajstić information content (AvgIpc) is 3.46. The van der Waals surface area contributed by atoms with Gasteiger partial charge in [-0.1, -0.05) is 73.3 Å². The lowest BCUT2D eigenvalue weighted by molar-refractivity contribution is -0.140. The van der Waals surface area contributed by atoms with Crippen LogP contribution in [0.3, 0.4) is 0 Å². The number of nitrogens with one attached hydrogen (secondary N) is 1. The highest BCUT2D eigenvalue weighted by Gasteiger charge is 2.35. The molecular formula is C30H32Cl2FN3O4S. The molecule has 2 amide bonds. The summed E-state index contributed by atoms with van der Waals surface area (Å²) >= 11 is 12.5. The topological polar surface area (TPSA) is 86.8 Å². The van der Waals surface area contributed by atoms with Gasteiger partial charge in [-0.05, 0) is 67.3 Å². The molecule has 1 atom stereocenters. The number of halogens is 3. The molecule has 4 rings (SSSR count). The van der Waals surface area contributed by atoms with Crippen molar-refractivity contribution in [2.24, 2.45) is 0 Å². The van der Waals surface area contributed by atoms with E-state index in [0.717, 1.165) is 30.0 Å². The predicted molar refractivity (Wildman–Crippen MR) is 159 cm³/mol. The van der Waals surface area contributed by atoms with E-state index in [1.807, 2.05) is 0 Å². The van der Waals surface area contributed by atoms with Gasteiger partial charge >= 0.3 is 0 Å². The molecule has 0 aromatic heterocycles. The lowest BCUT2D eigenvalue weighted by Gasteiger charge is -2.34. The van der Waals surface area contributed by atoms with E-state index in [1.165, 1.54) is 59.5 Å². The van der Waals surface area contributed by atoms with Crippen molar-refractivity contribution in [1.29, 1.82) is 0 Å². The molecule has 3 aromatic carbocycles. The Balaban J connectivity index is 1.72. The predicted octanol–water partition coefficient (Wildman–Crippen LogP) is 6.19. The van der Waals surface area contributed by atoms with E-state index in [9.17, 15) is 22.4 Å². The molecule has 218 valence electrons. The van der Waals surface area contributed by atoms with Crippen molar-refractivity contribution in [3.05, 3.63) is 94.2 Å². The second-order valence-electron chi connectivity index (χ2n) is 9.98. The molecule has 11 heteroatoms. The second-order valence-corrected chi connectivity index (χ2v) is 12.7. The molecule has 0 heterocycles. The van der Waals surface area contributed by atoms with Gasteiger partial charge in [0.15, 0.2) is 0 Å². The molecule has 7 nitrogen and oxygen atoms in total. The monoisotopic (exact) mass is 619 g/mol. The van der Waals surface area contributed by atoms with Crippen LogP contribution in [0.25, 0.3) is 0 Å². The minimum absolute atomic E-state index is 0.0245. The van der Waals surface area contributed by atoms with Gasteiger partial charge in [-0.2, -0.15) is 0 Å². The van der Waals surface area contributed by atoms with Crippen LogP contribution in [-0.2, 0) is 26.2 Å². The van der Waals surface area contributed by atoms with Gasteiger partial charge in [0.1, 0.15) is 18.4 Å². The van der Waals surface area contributed by atoms with Crippen molar-refractivity contribution in [3.8, 4) is 0 Å². The Hall–Kier alpha value is -3.14. The summed E-state index contributed by atoms with van der Waals surface area (Å²) < 4.78 is 42.3. The molecule has 1 N–H and O–H groups in total. The van der Waals surface area contributed by atoms with E-state index in [2.05, 4.69) is 5.32 Å². The van der Waals surface area contributed by atoms with Crippen LogP contribution < -0.4 is 9.62 Å². The number of carbonyl (C=O) groups excluding carboxylic acids is 2. The number of amides is 2. The van der Waals surface area contributed by atoms with Crippen LogP contribution >= 0.6 is 23.2 Å². The van der Waals surface area contributed by atoms with Crippen LogP contribution in [0.5, 0.6) is 0 Å². The molecule has 0 aliphatic heterocycles. The molecule has 0 spiro atoms. The summed E-state index contributed by atoms with van der Waals surface area (Å²) in [5.74, 6) is -1.36. The maximum atomic E-state index is 14.1. The average molecular weight is 621 g/mol. The number of hydrogen-bond acceptors (Lipinski definition) is 4. The first-order chi connectivity index (χ1) is 19.6. The summed E-state index contributed by atoms with van der Waals surface area (Å²) in [6, 6.07) is 16.8. The molecule has 1 aliphatic rings. The fraction of sp³-hybridized carbons (Fsp3) is 0.333. The van der Waals surface area contributed by atoms with Gasteiger partial charge in [0, 0.05) is 17.6 Å². The summed E-state index contributed by atoms with van der Waals surface area (Å²) in [6.07, 6.45) is 4.07. The quantitative estimate of drug-likeness (QED) is 0.277. The third-order valence-corrected chi connectivity index (χ3v) is 9.45. The van der Waals surface area contributed by atoms with Crippen molar-refractivity contribution >= 4 is 50.7 Å². The number of sulfonamides is 1. The summed E-state index contributed by atoms with van der Waals surface area (Å²) in [6.45, 7) is 1.13. The lowest BCUT2D eigenvalue weighted by atomic mass is 10.1. The molecule has 1 fully saturated rings. The number of carbonyl (C=O) groups is 2. The highest BCUT2D eigenvalue weighted by molar-refractivity contribution is 7.92. The van der Waals surface area contributed by atoms with Crippen molar-refractivity contribution in [2.75, 3.05) is 10.8 Å². The highest BCUT2D eigenvalue weighted by atomic mass is 35.5. The standard InChI is InChI=1S/C30H32Cl2FN3O4S/c1-2-27(30(38)34-24-8-6-7-9-24)35(19-21-12-15-23(33)16-13-21)29(37)20-36(28-17-14-22(31)18-26(28)32)41(39,40)25-10-4-3-5-11-25/h3-5,10-18,24,27H,2,6-9,19-20H2,1H3,(H,34,38)/t27-/m0/s1. The number of hydrogen-bond donors (Lipinski definition) is 1. The molecule has 1 aliphatic carbocycles. The smallest absolute Gasteiger partial charge is 0.264 e. The third-order valence-electron chi connectivity index (χ3n) is 7.14. The second kappa shape index (κ2) is 13.7. The van der Waals surface area contributed by atoms with Crippen LogP contribution in [0.4, 0.5) is 10.1 Å². The lowest BCUT2D eigenvalue weighted by Crippen LogP contribution is -2.53. The Morgan fingerprint density at radius 2 is 1.66 bits per heavy atom. The van der Waals surface area contributed by atoms with Crippen LogP contribution in [0, 0.1) is 5.82 Å². The van der Waals surface area contributed by atoms with E-state index in [1.54, 1.807) is 25.1 Å². The molecule has 0 bridgehead atoms. The first-order valence-electron chi connectivity index (χ1n) is 13.5. The highest BCUT2D eigenvalue weighted by Crippen LogP contribution is 2.33. The largest absolute Gasteiger partial charge is 0.352 e. The van der Waals surface area contributed by atoms with Gasteiger partial charge < -0.3 is 10.2 Å². The zero-order valence-electron chi connectivity index (χ0n) is 22.6. The molecule has 3 aromatic rings. The fourth-order valence-corrected chi connectivity index (χ4v) is 7.00. The summed E-state index contributed by atoms with van der Waals surface area (Å²) in [5.41, 5.74) is 0.660. The van der Waals surface area contributed by atoms with E-state index in [4.69, 9.17) is 23.2 Å². The van der Waals surface area contributed by atoms with Crippen molar-refractivity contribution in [3.63, 3.8) is 0 Å². The Bertz CT molecular complexity index is 1470. The number of nitrogens with zero attached hydrogens (tertiary/aromatic N) is 2. The van der Waals surface area contributed by atoms with Gasteiger partial charge in [-0.3, -0.25) is 13.9 Å². The van der Waals surface area contributed by atoms with Gasteiger partial charge in [-0.25, -0.2) is 12.8 Å². The van der Waals surface area contributed by atoms with Crippen LogP contribution in [0.1, 0.15) is 44.6 Å². The molecule has 0 radical (unpaired) electrons. The van der Waals surface area contributed by atoms with E-state index in [-0.39, 0.29) is 34.1 Å². The van der Waals surface area contributed by atoms with Gasteiger partial charge in [0.25, 0.3) is 10.0 Å². The Morgan fingerprint density at radius 1 is 1.00 bits per heavy atom. The molecule has 1 saturated carbocycles. The van der Waals surface area contributed by atoms with Crippen molar-refractivity contribution in [2.45, 2.75) is 62.6 Å². The molecule has 0 saturated heterocycles. The van der Waals surface area contributed by atoms with Gasteiger partial charge in [0.2, 0.25) is 11.8 Å². The summed E-state index contributed by atoms with van der Waals surface area (Å²) in [5, 5.41) is 3.40. The first-order valence-corrected chi connectivity index (χ1v) is 15.7. The van der Waals surface area contributed by atoms with Gasteiger partial charge in [-0.15, -0.1) is 0 Å². The molecule has 41 heavy (non-hydrogen) atoms. The van der Waals surface area contributed by atoms with Crippen molar-refractivity contribution < 1.29 is 22.4 Å². The first kappa shape index (κ1) is 30.8. The maximum Gasteiger partial charge on any atom is 0.264 e. The Kier molecular flexibility index (Phi) is 10.3. The Labute approximate surface area is 250 Å². The number of anilines is 1. The number of benzene rings is 3.